The van der Waals surface area contributed by atoms with Gasteiger partial charge in [0.2, 0.25) is 0 Å². The minimum atomic E-state index is -0.713. The average molecular weight is 385 g/mol. The Morgan fingerprint density at radius 1 is 1.04 bits per heavy atom. The van der Waals surface area contributed by atoms with E-state index in [-0.39, 0.29) is 5.91 Å². The van der Waals surface area contributed by atoms with Gasteiger partial charge in [0.25, 0.3) is 5.91 Å². The number of benzene rings is 2. The van der Waals surface area contributed by atoms with Crippen molar-refractivity contribution in [2.24, 2.45) is 0 Å². The van der Waals surface area contributed by atoms with E-state index in [0.29, 0.717) is 29.4 Å². The van der Waals surface area contributed by atoms with E-state index < -0.39 is 12.1 Å². The number of hydrogen-bond acceptors (Lipinski definition) is 5. The quantitative estimate of drug-likeness (QED) is 0.483. The van der Waals surface area contributed by atoms with Crippen LogP contribution in [0.5, 0.6) is 11.5 Å². The first-order valence-corrected chi connectivity index (χ1v) is 9.43. The van der Waals surface area contributed by atoms with Crippen LogP contribution >= 0.6 is 0 Å². The molecule has 0 spiro atoms. The van der Waals surface area contributed by atoms with Crippen LogP contribution in [0.15, 0.2) is 48.5 Å². The third-order valence-electron chi connectivity index (χ3n) is 4.11. The van der Waals surface area contributed by atoms with Crippen LogP contribution in [-0.2, 0) is 9.53 Å². The molecular weight excluding hydrogens is 358 g/mol. The molecule has 0 bridgehead atoms. The molecule has 0 saturated heterocycles. The van der Waals surface area contributed by atoms with Crippen LogP contribution in [0.3, 0.4) is 0 Å². The first kappa shape index (κ1) is 21.3. The van der Waals surface area contributed by atoms with Crippen LogP contribution in [-0.4, -0.2) is 31.7 Å². The van der Waals surface area contributed by atoms with Gasteiger partial charge in [-0.25, -0.2) is 4.79 Å². The SMILES string of the molecule is CCCCCOC(=O)[C@@H](C)Oc1ccc(C(=O)Nc2ccccc2OC)cc1. The van der Waals surface area contributed by atoms with Crippen molar-refractivity contribution in [3.05, 3.63) is 54.1 Å². The Balaban J connectivity index is 1.90. The summed E-state index contributed by atoms with van der Waals surface area (Å²) in [5.41, 5.74) is 1.06. The van der Waals surface area contributed by atoms with Crippen LogP contribution in [0.1, 0.15) is 43.5 Å². The van der Waals surface area contributed by atoms with Crippen molar-refractivity contribution in [1.29, 1.82) is 0 Å². The van der Waals surface area contributed by atoms with Gasteiger partial charge in [-0.15, -0.1) is 0 Å². The highest BCUT2D eigenvalue weighted by molar-refractivity contribution is 6.05. The highest BCUT2D eigenvalue weighted by Crippen LogP contribution is 2.24. The number of rotatable bonds is 10. The van der Waals surface area contributed by atoms with Crippen LogP contribution in [0.4, 0.5) is 5.69 Å². The number of unbranched alkanes of at least 4 members (excludes halogenated alkanes) is 2. The zero-order valence-corrected chi connectivity index (χ0v) is 16.6. The summed E-state index contributed by atoms with van der Waals surface area (Å²) in [6, 6.07) is 13.8. The summed E-state index contributed by atoms with van der Waals surface area (Å²) in [6.07, 6.45) is 2.24. The number of hydrogen-bond donors (Lipinski definition) is 1. The molecule has 1 atom stereocenters. The number of methoxy groups -OCH3 is 1. The molecule has 2 aromatic rings. The van der Waals surface area contributed by atoms with Crippen LogP contribution < -0.4 is 14.8 Å². The maximum Gasteiger partial charge on any atom is 0.347 e. The van der Waals surface area contributed by atoms with Crippen molar-refractivity contribution < 1.29 is 23.8 Å². The fourth-order valence-corrected chi connectivity index (χ4v) is 2.52. The van der Waals surface area contributed by atoms with Crippen LogP contribution in [0.2, 0.25) is 0 Å². The number of nitrogens with one attached hydrogen (secondary N) is 1. The molecular formula is C22H27NO5. The van der Waals surface area contributed by atoms with Gasteiger partial charge in [0.15, 0.2) is 6.10 Å². The Hall–Kier alpha value is -3.02. The van der Waals surface area contributed by atoms with E-state index in [9.17, 15) is 9.59 Å². The fraction of sp³-hybridized carbons (Fsp3) is 0.364. The molecule has 2 aromatic carbocycles. The van der Waals surface area contributed by atoms with E-state index in [0.717, 1.165) is 19.3 Å². The summed E-state index contributed by atoms with van der Waals surface area (Å²) >= 11 is 0. The average Bonchev–Trinajstić information content (AvgIpc) is 2.72. The molecule has 2 rings (SSSR count). The number of carbonyl (C=O) groups is 2. The topological polar surface area (TPSA) is 73.9 Å². The summed E-state index contributed by atoms with van der Waals surface area (Å²) in [7, 11) is 1.55. The predicted molar refractivity (Wildman–Crippen MR) is 108 cm³/mol. The van der Waals surface area contributed by atoms with E-state index in [1.54, 1.807) is 50.4 Å². The molecule has 0 fully saturated rings. The summed E-state index contributed by atoms with van der Waals surface area (Å²) in [5.74, 6) is 0.419. The monoisotopic (exact) mass is 385 g/mol. The summed E-state index contributed by atoms with van der Waals surface area (Å²) in [5, 5.41) is 2.81. The third kappa shape index (κ3) is 6.30. The summed E-state index contributed by atoms with van der Waals surface area (Å²) < 4.78 is 16.0. The van der Waals surface area contributed by atoms with E-state index >= 15 is 0 Å². The number of carbonyl (C=O) groups excluding carboxylic acids is 2. The normalized spacial score (nSPS) is 11.4. The van der Waals surface area contributed by atoms with Crippen molar-refractivity contribution in [2.45, 2.75) is 39.2 Å². The van der Waals surface area contributed by atoms with Crippen molar-refractivity contribution in [2.75, 3.05) is 19.0 Å². The van der Waals surface area contributed by atoms with Gasteiger partial charge in [-0.2, -0.15) is 0 Å². The van der Waals surface area contributed by atoms with Gasteiger partial charge in [-0.3, -0.25) is 4.79 Å². The number of para-hydroxylation sites is 2. The molecule has 0 aromatic heterocycles. The van der Waals surface area contributed by atoms with Gasteiger partial charge in [0.1, 0.15) is 11.5 Å². The van der Waals surface area contributed by atoms with E-state index in [1.807, 2.05) is 12.1 Å². The van der Waals surface area contributed by atoms with Crippen molar-refractivity contribution >= 4 is 17.6 Å². The van der Waals surface area contributed by atoms with E-state index in [2.05, 4.69) is 12.2 Å². The zero-order valence-electron chi connectivity index (χ0n) is 16.6. The van der Waals surface area contributed by atoms with E-state index in [1.165, 1.54) is 0 Å². The van der Waals surface area contributed by atoms with Gasteiger partial charge in [-0.05, 0) is 49.7 Å². The minimum absolute atomic E-state index is 0.264. The Morgan fingerprint density at radius 2 is 1.75 bits per heavy atom. The molecule has 0 aliphatic rings. The van der Waals surface area contributed by atoms with Gasteiger partial charge in [0, 0.05) is 5.56 Å². The second kappa shape index (κ2) is 11.0. The molecule has 1 N–H and O–H groups in total. The van der Waals surface area contributed by atoms with Gasteiger partial charge in [-0.1, -0.05) is 31.9 Å². The standard InChI is InChI=1S/C22H27NO5/c1-4-5-8-15-27-22(25)16(2)28-18-13-11-17(12-14-18)21(24)23-19-9-6-7-10-20(19)26-3/h6-7,9-14,16H,4-5,8,15H2,1-3H3,(H,23,24)/t16-/m1/s1. The van der Waals surface area contributed by atoms with Crippen LogP contribution in [0.25, 0.3) is 0 Å². The Bertz CT molecular complexity index is 773. The molecule has 6 nitrogen and oxygen atoms in total. The molecule has 150 valence electrons. The summed E-state index contributed by atoms with van der Waals surface area (Å²) in [4.78, 5) is 24.3. The zero-order chi connectivity index (χ0) is 20.4. The molecule has 0 heterocycles. The maximum absolute atomic E-state index is 12.4. The fourth-order valence-electron chi connectivity index (χ4n) is 2.52. The lowest BCUT2D eigenvalue weighted by atomic mass is 10.2. The molecule has 0 aliphatic carbocycles. The highest BCUT2D eigenvalue weighted by Gasteiger charge is 2.16. The van der Waals surface area contributed by atoms with Crippen molar-refractivity contribution in [3.8, 4) is 11.5 Å². The first-order chi connectivity index (χ1) is 13.5. The second-order valence-electron chi connectivity index (χ2n) is 6.31. The smallest absolute Gasteiger partial charge is 0.347 e. The van der Waals surface area contributed by atoms with Crippen LogP contribution in [0, 0.1) is 0 Å². The molecule has 0 unspecified atom stereocenters. The first-order valence-electron chi connectivity index (χ1n) is 9.43. The molecule has 0 radical (unpaired) electrons. The second-order valence-corrected chi connectivity index (χ2v) is 6.31. The number of anilines is 1. The Kier molecular flexibility index (Phi) is 8.34. The van der Waals surface area contributed by atoms with Gasteiger partial charge >= 0.3 is 5.97 Å². The van der Waals surface area contributed by atoms with Crippen molar-refractivity contribution in [1.82, 2.24) is 0 Å². The molecule has 0 aliphatic heterocycles. The van der Waals surface area contributed by atoms with Gasteiger partial charge < -0.3 is 19.5 Å². The third-order valence-corrected chi connectivity index (χ3v) is 4.11. The predicted octanol–water partition coefficient (Wildman–Crippen LogP) is 4.45. The summed E-state index contributed by atoms with van der Waals surface area (Å²) in [6.45, 7) is 4.14. The van der Waals surface area contributed by atoms with E-state index in [4.69, 9.17) is 14.2 Å². The highest BCUT2D eigenvalue weighted by atomic mass is 16.6. The maximum atomic E-state index is 12.4. The largest absolute Gasteiger partial charge is 0.495 e. The number of amides is 1. The number of ether oxygens (including phenoxy) is 3. The lowest BCUT2D eigenvalue weighted by Gasteiger charge is -2.14. The van der Waals surface area contributed by atoms with Crippen molar-refractivity contribution in [3.63, 3.8) is 0 Å². The number of esters is 1. The molecule has 1 amide bonds. The lowest BCUT2D eigenvalue weighted by Crippen LogP contribution is -2.26. The lowest BCUT2D eigenvalue weighted by molar-refractivity contribution is -0.151. The molecule has 28 heavy (non-hydrogen) atoms. The Labute approximate surface area is 165 Å². The molecule has 6 heteroatoms. The molecule has 0 saturated carbocycles. The van der Waals surface area contributed by atoms with Gasteiger partial charge in [0.05, 0.1) is 19.4 Å². The Morgan fingerprint density at radius 3 is 2.43 bits per heavy atom. The minimum Gasteiger partial charge on any atom is -0.495 e.